The van der Waals surface area contributed by atoms with Gasteiger partial charge in [0.2, 0.25) is 11.8 Å². The third-order valence-electron chi connectivity index (χ3n) is 6.49. The second-order valence-electron chi connectivity index (χ2n) is 9.09. The van der Waals surface area contributed by atoms with Crippen molar-refractivity contribution < 1.29 is 8.83 Å². The van der Waals surface area contributed by atoms with Crippen molar-refractivity contribution in [2.45, 2.75) is 13.8 Å². The van der Waals surface area contributed by atoms with Crippen LogP contribution in [0.5, 0.6) is 0 Å². The fraction of sp³-hybridized carbons (Fsp3) is 0.0667. The van der Waals surface area contributed by atoms with Gasteiger partial charge in [-0.25, -0.2) is 9.97 Å². The van der Waals surface area contributed by atoms with Gasteiger partial charge >= 0.3 is 0 Å². The molecule has 0 aliphatic rings. The van der Waals surface area contributed by atoms with Gasteiger partial charge < -0.3 is 8.83 Å². The van der Waals surface area contributed by atoms with Gasteiger partial charge in [0.1, 0.15) is 11.4 Å². The second kappa shape index (κ2) is 8.70. The highest BCUT2D eigenvalue weighted by molar-refractivity contribution is 5.84. The predicted octanol–water partition coefficient (Wildman–Crippen LogP) is 6.83. The van der Waals surface area contributed by atoms with Crippen LogP contribution in [0.2, 0.25) is 0 Å². The Morgan fingerprint density at radius 3 is 1.42 bits per heavy atom. The molecule has 7 rings (SSSR count). The van der Waals surface area contributed by atoms with Crippen molar-refractivity contribution in [3.05, 3.63) is 96.1 Å². The number of hydrogen-bond donors (Lipinski definition) is 0. The molecule has 7 aromatic rings. The van der Waals surface area contributed by atoms with Gasteiger partial charge in [-0.1, -0.05) is 54.6 Å². The minimum Gasteiger partial charge on any atom is -0.415 e. The van der Waals surface area contributed by atoms with Crippen LogP contribution in [0.3, 0.4) is 0 Å². The zero-order valence-corrected chi connectivity index (χ0v) is 20.6. The summed E-state index contributed by atoms with van der Waals surface area (Å²) in [6, 6.07) is 27.5. The topological polar surface area (TPSA) is 104 Å². The summed E-state index contributed by atoms with van der Waals surface area (Å²) in [4.78, 5) is 9.48. The Kier molecular flexibility index (Phi) is 5.04. The minimum atomic E-state index is 0.355. The van der Waals surface area contributed by atoms with Crippen LogP contribution in [0.25, 0.3) is 67.9 Å². The molecule has 0 bridgehead atoms. The van der Waals surface area contributed by atoms with E-state index in [1.165, 1.54) is 0 Å². The van der Waals surface area contributed by atoms with Gasteiger partial charge in [0.05, 0.1) is 11.0 Å². The molecule has 0 fully saturated rings. The van der Waals surface area contributed by atoms with Gasteiger partial charge in [-0.15, -0.1) is 20.4 Å². The molecule has 0 saturated heterocycles. The normalized spacial score (nSPS) is 11.4. The van der Waals surface area contributed by atoms with Crippen molar-refractivity contribution in [2.75, 3.05) is 0 Å². The van der Waals surface area contributed by atoms with Crippen LogP contribution in [-0.2, 0) is 0 Å². The molecule has 0 saturated carbocycles. The molecule has 0 radical (unpaired) electrons. The highest BCUT2D eigenvalue weighted by atomic mass is 16.4. The summed E-state index contributed by atoms with van der Waals surface area (Å²) >= 11 is 0. The van der Waals surface area contributed by atoms with Gasteiger partial charge in [-0.3, -0.25) is 0 Å². The van der Waals surface area contributed by atoms with Crippen molar-refractivity contribution in [3.8, 4) is 46.1 Å². The first-order valence-electron chi connectivity index (χ1n) is 12.1. The van der Waals surface area contributed by atoms with E-state index in [2.05, 4.69) is 20.4 Å². The van der Waals surface area contributed by atoms with E-state index in [0.29, 0.717) is 35.0 Å². The molecule has 0 aliphatic heterocycles. The highest BCUT2D eigenvalue weighted by Crippen LogP contribution is 2.30. The number of fused-ring (bicyclic) bond motifs is 2. The van der Waals surface area contributed by atoms with E-state index in [0.717, 1.165) is 44.1 Å². The molecule has 4 aromatic heterocycles. The molecule has 0 unspecified atom stereocenters. The number of nitrogens with zero attached hydrogens (tertiary/aromatic N) is 6. The van der Waals surface area contributed by atoms with E-state index in [1.54, 1.807) is 0 Å². The molecule has 182 valence electrons. The molecular weight excluding hydrogens is 476 g/mol. The summed E-state index contributed by atoms with van der Waals surface area (Å²) in [7, 11) is 0. The molecule has 0 N–H and O–H groups in total. The summed E-state index contributed by atoms with van der Waals surface area (Å²) in [5, 5.41) is 19.1. The number of aromatic nitrogens is 6. The predicted molar refractivity (Wildman–Crippen MR) is 144 cm³/mol. The number of aryl methyl sites for hydroxylation is 2. The molecular formula is C30H20N6O2. The van der Waals surface area contributed by atoms with Crippen LogP contribution in [0.15, 0.2) is 93.8 Å². The molecule has 0 spiro atoms. The van der Waals surface area contributed by atoms with E-state index >= 15 is 0 Å². The van der Waals surface area contributed by atoms with E-state index in [9.17, 15) is 0 Å². The zero-order valence-electron chi connectivity index (χ0n) is 20.6. The van der Waals surface area contributed by atoms with E-state index in [4.69, 9.17) is 18.8 Å². The maximum absolute atomic E-state index is 6.00. The lowest BCUT2D eigenvalue weighted by atomic mass is 10.1. The summed E-state index contributed by atoms with van der Waals surface area (Å²) in [5.74, 6) is 1.46. The van der Waals surface area contributed by atoms with Crippen molar-refractivity contribution in [1.29, 1.82) is 0 Å². The molecule has 8 nitrogen and oxygen atoms in total. The lowest BCUT2D eigenvalue weighted by Crippen LogP contribution is -1.87. The van der Waals surface area contributed by atoms with Gasteiger partial charge in [-0.2, -0.15) is 0 Å². The van der Waals surface area contributed by atoms with Gasteiger partial charge in [0.25, 0.3) is 11.8 Å². The van der Waals surface area contributed by atoms with E-state index < -0.39 is 0 Å². The van der Waals surface area contributed by atoms with Crippen LogP contribution in [0.1, 0.15) is 11.1 Å². The van der Waals surface area contributed by atoms with Crippen molar-refractivity contribution in [1.82, 2.24) is 30.4 Å². The number of hydrogen-bond acceptors (Lipinski definition) is 8. The van der Waals surface area contributed by atoms with Crippen LogP contribution in [-0.4, -0.2) is 30.4 Å². The Hall–Kier alpha value is -5.24. The van der Waals surface area contributed by atoms with Crippen LogP contribution >= 0.6 is 0 Å². The quantitative estimate of drug-likeness (QED) is 0.261. The van der Waals surface area contributed by atoms with Gasteiger partial charge in [-0.05, 0) is 55.3 Å². The number of pyridine rings is 2. The van der Waals surface area contributed by atoms with E-state index in [1.807, 2.05) is 98.8 Å². The Morgan fingerprint density at radius 2 is 0.921 bits per heavy atom. The van der Waals surface area contributed by atoms with Gasteiger partial charge in [0, 0.05) is 21.9 Å². The first-order chi connectivity index (χ1) is 18.6. The first-order valence-corrected chi connectivity index (χ1v) is 12.1. The SMILES string of the molecule is Cc1cccc2ccc(-c3nnc(-c4cccc(-c5nnc(-c6ccc7cccc(C)c7n6)o5)c4)o3)nc12. The molecule has 38 heavy (non-hydrogen) atoms. The minimum absolute atomic E-state index is 0.355. The Labute approximate surface area is 217 Å². The molecule has 3 aromatic carbocycles. The highest BCUT2D eigenvalue weighted by Gasteiger charge is 2.16. The second-order valence-corrected chi connectivity index (χ2v) is 9.09. The van der Waals surface area contributed by atoms with Crippen LogP contribution < -0.4 is 0 Å². The van der Waals surface area contributed by atoms with Crippen LogP contribution in [0, 0.1) is 13.8 Å². The summed E-state index contributed by atoms with van der Waals surface area (Å²) in [5.41, 5.74) is 6.72. The lowest BCUT2D eigenvalue weighted by molar-refractivity contribution is 0.580. The third kappa shape index (κ3) is 3.79. The molecule has 0 amide bonds. The first kappa shape index (κ1) is 22.0. The van der Waals surface area contributed by atoms with Crippen molar-refractivity contribution >= 4 is 21.8 Å². The van der Waals surface area contributed by atoms with Crippen LogP contribution in [0.4, 0.5) is 0 Å². The monoisotopic (exact) mass is 496 g/mol. The average Bonchev–Trinajstić information content (AvgIpc) is 3.65. The molecule has 0 atom stereocenters. The third-order valence-corrected chi connectivity index (χ3v) is 6.49. The Balaban J connectivity index is 1.20. The van der Waals surface area contributed by atoms with Crippen molar-refractivity contribution in [3.63, 3.8) is 0 Å². The number of benzene rings is 3. The fourth-order valence-electron chi connectivity index (χ4n) is 4.50. The number of rotatable bonds is 4. The standard InChI is InChI=1S/C30H20N6O2/c1-17-6-3-8-19-12-14-23(31-25(17)19)29-35-33-27(37-29)21-10-5-11-22(16-21)28-34-36-30(38-28)24-15-13-20-9-4-7-18(2)26(20)32-24/h3-16H,1-2H3. The average molecular weight is 497 g/mol. The molecule has 8 heteroatoms. The number of para-hydroxylation sites is 2. The maximum Gasteiger partial charge on any atom is 0.266 e. The smallest absolute Gasteiger partial charge is 0.266 e. The largest absolute Gasteiger partial charge is 0.415 e. The van der Waals surface area contributed by atoms with E-state index in [-0.39, 0.29) is 0 Å². The summed E-state index contributed by atoms with van der Waals surface area (Å²) < 4.78 is 12.0. The fourth-order valence-corrected chi connectivity index (χ4v) is 4.50. The Bertz CT molecular complexity index is 1830. The summed E-state index contributed by atoms with van der Waals surface area (Å²) in [6.07, 6.45) is 0. The van der Waals surface area contributed by atoms with Crippen molar-refractivity contribution in [2.24, 2.45) is 0 Å². The molecule has 0 aliphatic carbocycles. The van der Waals surface area contributed by atoms with Gasteiger partial charge in [0.15, 0.2) is 0 Å². The Morgan fingerprint density at radius 1 is 0.474 bits per heavy atom. The lowest BCUT2D eigenvalue weighted by Gasteiger charge is -2.02. The zero-order chi connectivity index (χ0) is 25.6. The summed E-state index contributed by atoms with van der Waals surface area (Å²) in [6.45, 7) is 4.06. The molecule has 4 heterocycles. The maximum atomic E-state index is 6.00.